The maximum absolute atomic E-state index is 12.5. The van der Waals surface area contributed by atoms with E-state index in [0.717, 1.165) is 11.3 Å². The molecule has 7 nitrogen and oxygen atoms in total. The van der Waals surface area contributed by atoms with Crippen molar-refractivity contribution in [2.24, 2.45) is 5.92 Å². The Labute approximate surface area is 154 Å². The summed E-state index contributed by atoms with van der Waals surface area (Å²) in [6, 6.07) is 11.5. The van der Waals surface area contributed by atoms with Crippen LogP contribution in [0.5, 0.6) is 0 Å². The molecule has 1 saturated heterocycles. The minimum atomic E-state index is -0.614. The van der Waals surface area contributed by atoms with Crippen molar-refractivity contribution < 1.29 is 14.5 Å². The topological polar surface area (TPSA) is 92.6 Å². The highest BCUT2D eigenvalue weighted by atomic mass is 35.5. The number of carbonyl (C=O) groups excluding carboxylic acids is 2. The lowest BCUT2D eigenvalue weighted by atomic mass is 10.1. The number of nitrogens with one attached hydrogen (secondary N) is 1. The lowest BCUT2D eigenvalue weighted by molar-refractivity contribution is -0.384. The predicted molar refractivity (Wildman–Crippen MR) is 98.4 cm³/mol. The number of nitro groups is 1. The van der Waals surface area contributed by atoms with Crippen molar-refractivity contribution in [3.05, 3.63) is 63.2 Å². The van der Waals surface area contributed by atoms with Gasteiger partial charge in [0, 0.05) is 30.4 Å². The lowest BCUT2D eigenvalue weighted by Crippen LogP contribution is -2.28. The zero-order valence-corrected chi connectivity index (χ0v) is 14.7. The van der Waals surface area contributed by atoms with Crippen LogP contribution in [0.15, 0.2) is 42.5 Å². The van der Waals surface area contributed by atoms with Crippen LogP contribution in [0.2, 0.25) is 5.02 Å². The SMILES string of the molecule is Cc1ccccc1N1C[C@H](C(=O)Nc2ccc(Cl)c([N+](=O)[O-])c2)CC1=O. The molecule has 1 aliphatic heterocycles. The van der Waals surface area contributed by atoms with E-state index >= 15 is 0 Å². The number of carbonyl (C=O) groups is 2. The Hall–Kier alpha value is -2.93. The Kier molecular flexibility index (Phi) is 4.90. The maximum atomic E-state index is 12.5. The molecule has 0 aliphatic carbocycles. The maximum Gasteiger partial charge on any atom is 0.289 e. The van der Waals surface area contributed by atoms with E-state index in [-0.39, 0.29) is 41.2 Å². The zero-order chi connectivity index (χ0) is 18.8. The molecule has 2 aromatic rings. The number of hydrogen-bond acceptors (Lipinski definition) is 4. The lowest BCUT2D eigenvalue weighted by Gasteiger charge is -2.19. The predicted octanol–water partition coefficient (Wildman–Crippen LogP) is 3.55. The van der Waals surface area contributed by atoms with Crippen molar-refractivity contribution in [1.82, 2.24) is 0 Å². The van der Waals surface area contributed by atoms with Gasteiger partial charge in [0.2, 0.25) is 11.8 Å². The van der Waals surface area contributed by atoms with E-state index in [1.807, 2.05) is 31.2 Å². The van der Waals surface area contributed by atoms with Crippen molar-refractivity contribution in [2.75, 3.05) is 16.8 Å². The van der Waals surface area contributed by atoms with Gasteiger partial charge in [-0.15, -0.1) is 0 Å². The fraction of sp³-hybridized carbons (Fsp3) is 0.222. The molecule has 1 fully saturated rings. The fourth-order valence-electron chi connectivity index (χ4n) is 2.96. The second kappa shape index (κ2) is 7.13. The first-order valence-corrected chi connectivity index (χ1v) is 8.35. The average molecular weight is 374 g/mol. The fourth-order valence-corrected chi connectivity index (χ4v) is 3.14. The summed E-state index contributed by atoms with van der Waals surface area (Å²) in [7, 11) is 0. The molecule has 134 valence electrons. The van der Waals surface area contributed by atoms with Crippen LogP contribution >= 0.6 is 11.6 Å². The summed E-state index contributed by atoms with van der Waals surface area (Å²) in [6.07, 6.45) is 0.0931. The molecule has 1 aliphatic rings. The smallest absolute Gasteiger partial charge is 0.289 e. The number of anilines is 2. The number of nitrogens with zero attached hydrogens (tertiary/aromatic N) is 2. The van der Waals surface area contributed by atoms with Crippen LogP contribution in [0.25, 0.3) is 0 Å². The zero-order valence-electron chi connectivity index (χ0n) is 13.9. The first-order chi connectivity index (χ1) is 12.4. The van der Waals surface area contributed by atoms with Gasteiger partial charge < -0.3 is 10.2 Å². The summed E-state index contributed by atoms with van der Waals surface area (Å²) in [5, 5.41) is 13.6. The Morgan fingerprint density at radius 3 is 2.73 bits per heavy atom. The second-order valence-corrected chi connectivity index (χ2v) is 6.51. The van der Waals surface area contributed by atoms with Gasteiger partial charge in [-0.25, -0.2) is 0 Å². The highest BCUT2D eigenvalue weighted by Crippen LogP contribution is 2.30. The van der Waals surface area contributed by atoms with E-state index in [4.69, 9.17) is 11.6 Å². The van der Waals surface area contributed by atoms with Crippen LogP contribution < -0.4 is 10.2 Å². The number of aryl methyl sites for hydroxylation is 1. The third-order valence-electron chi connectivity index (χ3n) is 4.31. The number of rotatable bonds is 4. The molecule has 0 bridgehead atoms. The van der Waals surface area contributed by atoms with E-state index in [9.17, 15) is 19.7 Å². The molecule has 3 rings (SSSR count). The van der Waals surface area contributed by atoms with Crippen molar-refractivity contribution in [3.8, 4) is 0 Å². The summed E-state index contributed by atoms with van der Waals surface area (Å²) in [6.45, 7) is 2.17. The van der Waals surface area contributed by atoms with Crippen LogP contribution in [0.3, 0.4) is 0 Å². The number of amides is 2. The Morgan fingerprint density at radius 2 is 2.04 bits per heavy atom. The molecule has 1 heterocycles. The summed E-state index contributed by atoms with van der Waals surface area (Å²) >= 11 is 5.77. The van der Waals surface area contributed by atoms with E-state index in [1.54, 1.807) is 4.90 Å². The van der Waals surface area contributed by atoms with E-state index < -0.39 is 10.8 Å². The van der Waals surface area contributed by atoms with E-state index in [1.165, 1.54) is 18.2 Å². The first-order valence-electron chi connectivity index (χ1n) is 7.97. The molecule has 0 spiro atoms. The highest BCUT2D eigenvalue weighted by Gasteiger charge is 2.35. The Morgan fingerprint density at radius 1 is 1.31 bits per heavy atom. The minimum Gasteiger partial charge on any atom is -0.326 e. The van der Waals surface area contributed by atoms with Gasteiger partial charge >= 0.3 is 0 Å². The molecular weight excluding hydrogens is 358 g/mol. The number of hydrogen-bond donors (Lipinski definition) is 1. The molecule has 0 aromatic heterocycles. The molecular formula is C18H16ClN3O4. The molecule has 1 N–H and O–H groups in total. The van der Waals surface area contributed by atoms with Crippen LogP contribution in [0.4, 0.5) is 17.1 Å². The number of halogens is 1. The largest absolute Gasteiger partial charge is 0.326 e. The first kappa shape index (κ1) is 17.9. The van der Waals surface area contributed by atoms with Gasteiger partial charge in [0.25, 0.3) is 5.69 Å². The third kappa shape index (κ3) is 3.52. The van der Waals surface area contributed by atoms with E-state index in [0.29, 0.717) is 0 Å². The van der Waals surface area contributed by atoms with Gasteiger partial charge in [-0.2, -0.15) is 0 Å². The van der Waals surface area contributed by atoms with Crippen molar-refractivity contribution in [3.63, 3.8) is 0 Å². The molecule has 2 aromatic carbocycles. The summed E-state index contributed by atoms with van der Waals surface area (Å²) in [4.78, 5) is 36.8. The van der Waals surface area contributed by atoms with Gasteiger partial charge in [-0.3, -0.25) is 19.7 Å². The highest BCUT2D eigenvalue weighted by molar-refractivity contribution is 6.32. The average Bonchev–Trinajstić information content (AvgIpc) is 2.98. The number of nitro benzene ring substituents is 1. The van der Waals surface area contributed by atoms with Crippen LogP contribution in [0, 0.1) is 23.0 Å². The number of benzene rings is 2. The van der Waals surface area contributed by atoms with Crippen molar-refractivity contribution >= 4 is 40.5 Å². The molecule has 2 amide bonds. The molecule has 1 atom stereocenters. The van der Waals surface area contributed by atoms with Crippen LogP contribution in [-0.2, 0) is 9.59 Å². The quantitative estimate of drug-likeness (QED) is 0.655. The Balaban J connectivity index is 1.74. The van der Waals surface area contributed by atoms with Gasteiger partial charge in [0.05, 0.1) is 10.8 Å². The van der Waals surface area contributed by atoms with Gasteiger partial charge in [0.1, 0.15) is 5.02 Å². The Bertz CT molecular complexity index is 900. The van der Waals surface area contributed by atoms with Crippen molar-refractivity contribution in [2.45, 2.75) is 13.3 Å². The van der Waals surface area contributed by atoms with Crippen LogP contribution in [-0.4, -0.2) is 23.3 Å². The summed E-state index contributed by atoms with van der Waals surface area (Å²) < 4.78 is 0. The van der Waals surface area contributed by atoms with Gasteiger partial charge in [-0.05, 0) is 30.7 Å². The normalized spacial score (nSPS) is 16.6. The molecule has 0 saturated carbocycles. The monoisotopic (exact) mass is 373 g/mol. The molecule has 0 radical (unpaired) electrons. The summed E-state index contributed by atoms with van der Waals surface area (Å²) in [5.41, 5.74) is 1.73. The second-order valence-electron chi connectivity index (χ2n) is 6.10. The third-order valence-corrected chi connectivity index (χ3v) is 4.63. The van der Waals surface area contributed by atoms with E-state index in [2.05, 4.69) is 5.32 Å². The molecule has 0 unspecified atom stereocenters. The number of para-hydroxylation sites is 1. The molecule has 26 heavy (non-hydrogen) atoms. The van der Waals surface area contributed by atoms with Crippen molar-refractivity contribution in [1.29, 1.82) is 0 Å². The standard InChI is InChI=1S/C18H16ClN3O4/c1-11-4-2-3-5-15(11)21-10-12(8-17(21)23)18(24)20-13-6-7-14(19)16(9-13)22(25)26/h2-7,9,12H,8,10H2,1H3,(H,20,24)/t12-/m1/s1. The molecule has 8 heteroatoms. The van der Waals surface area contributed by atoms with Crippen LogP contribution in [0.1, 0.15) is 12.0 Å². The summed E-state index contributed by atoms with van der Waals surface area (Å²) in [5.74, 6) is -1.01. The minimum absolute atomic E-state index is 0.00484. The van der Waals surface area contributed by atoms with Gasteiger partial charge in [0.15, 0.2) is 0 Å². The van der Waals surface area contributed by atoms with Gasteiger partial charge in [-0.1, -0.05) is 29.8 Å².